The van der Waals surface area contributed by atoms with E-state index in [-0.39, 0.29) is 12.3 Å². The van der Waals surface area contributed by atoms with Crippen LogP contribution in [0.4, 0.5) is 5.69 Å². The predicted octanol–water partition coefficient (Wildman–Crippen LogP) is 2.83. The Hall–Kier alpha value is -2.02. The molecule has 1 atom stereocenters. The molecule has 1 aliphatic rings. The number of nitrogens with zero attached hydrogens (tertiary/aromatic N) is 2. The van der Waals surface area contributed by atoms with Crippen LogP contribution < -0.4 is 4.90 Å². The van der Waals surface area contributed by atoms with E-state index in [4.69, 9.17) is 4.42 Å². The second-order valence-corrected chi connectivity index (χ2v) is 6.21. The highest BCUT2D eigenvalue weighted by Gasteiger charge is 2.28. The first-order valence-electron chi connectivity index (χ1n) is 7.65. The van der Waals surface area contributed by atoms with Crippen molar-refractivity contribution in [1.82, 2.24) is 4.98 Å². The molecule has 122 valence electrons. The molecule has 3 rings (SSSR count). The average molecular weight is 334 g/mol. The number of anilines is 1. The van der Waals surface area contributed by atoms with Crippen LogP contribution in [0.3, 0.4) is 0 Å². The Labute approximate surface area is 138 Å². The van der Waals surface area contributed by atoms with Gasteiger partial charge in [0.2, 0.25) is 5.89 Å². The van der Waals surface area contributed by atoms with Crippen LogP contribution >= 0.6 is 12.6 Å². The van der Waals surface area contributed by atoms with Gasteiger partial charge in [0, 0.05) is 19.5 Å². The third-order valence-corrected chi connectivity index (χ3v) is 4.27. The minimum Gasteiger partial charge on any atom is -0.481 e. The lowest BCUT2D eigenvalue weighted by molar-refractivity contribution is -0.140. The van der Waals surface area contributed by atoms with Crippen molar-refractivity contribution in [1.29, 1.82) is 0 Å². The van der Waals surface area contributed by atoms with Crippen molar-refractivity contribution in [3.63, 3.8) is 0 Å². The van der Waals surface area contributed by atoms with Gasteiger partial charge >= 0.3 is 5.97 Å². The third-order valence-electron chi connectivity index (χ3n) is 4.09. The molecule has 1 N–H and O–H groups in total. The van der Waals surface area contributed by atoms with Gasteiger partial charge < -0.3 is 14.4 Å². The summed E-state index contributed by atoms with van der Waals surface area (Å²) in [4.78, 5) is 29.2. The van der Waals surface area contributed by atoms with E-state index in [1.807, 2.05) is 12.1 Å². The fourth-order valence-electron chi connectivity index (χ4n) is 2.95. The maximum atomic E-state index is 11.4. The normalized spacial score (nSPS) is 16.5. The summed E-state index contributed by atoms with van der Waals surface area (Å²) in [6.45, 7) is 1.91. The molecule has 23 heavy (non-hydrogen) atoms. The van der Waals surface area contributed by atoms with Gasteiger partial charge in [-0.1, -0.05) is 6.07 Å². The maximum Gasteiger partial charge on any atom is 0.316 e. The largest absolute Gasteiger partial charge is 0.481 e. The minimum absolute atomic E-state index is 0.0550. The first-order valence-corrected chi connectivity index (χ1v) is 8.10. The molecular weight excluding hydrogens is 316 g/mol. The van der Waals surface area contributed by atoms with Gasteiger partial charge in [-0.2, -0.15) is 0 Å². The molecule has 2 aromatic rings. The van der Waals surface area contributed by atoms with Crippen molar-refractivity contribution in [3.8, 4) is 0 Å². The van der Waals surface area contributed by atoms with Crippen molar-refractivity contribution in [3.05, 3.63) is 24.1 Å². The summed E-state index contributed by atoms with van der Waals surface area (Å²) >= 11 is 3.67. The van der Waals surface area contributed by atoms with E-state index in [0.717, 1.165) is 31.6 Å². The van der Waals surface area contributed by atoms with Crippen LogP contribution in [-0.2, 0) is 9.59 Å². The molecule has 6 nitrogen and oxygen atoms in total. The molecule has 0 bridgehead atoms. The number of rotatable bonds is 5. The van der Waals surface area contributed by atoms with E-state index < -0.39 is 17.0 Å². The number of benzene rings is 1. The van der Waals surface area contributed by atoms with Gasteiger partial charge in [-0.3, -0.25) is 9.59 Å². The van der Waals surface area contributed by atoms with E-state index in [1.54, 1.807) is 6.07 Å². The second-order valence-electron chi connectivity index (χ2n) is 5.71. The van der Waals surface area contributed by atoms with Gasteiger partial charge in [0.25, 0.3) is 0 Å². The number of thiol groups is 1. The number of hydrogen-bond donors (Lipinski definition) is 2. The van der Waals surface area contributed by atoms with E-state index >= 15 is 0 Å². The number of piperidine rings is 1. The van der Waals surface area contributed by atoms with E-state index in [2.05, 4.69) is 22.5 Å². The Morgan fingerprint density at radius 1 is 1.30 bits per heavy atom. The molecule has 0 radical (unpaired) electrons. The van der Waals surface area contributed by atoms with Gasteiger partial charge in [-0.15, -0.1) is 12.6 Å². The van der Waals surface area contributed by atoms with Gasteiger partial charge in [-0.05, 0) is 31.4 Å². The van der Waals surface area contributed by atoms with E-state index in [9.17, 15) is 14.7 Å². The molecule has 1 saturated heterocycles. The lowest BCUT2D eigenvalue weighted by atomic mass is 10.1. The molecule has 1 aromatic heterocycles. The van der Waals surface area contributed by atoms with E-state index in [1.165, 1.54) is 6.42 Å². The van der Waals surface area contributed by atoms with Crippen molar-refractivity contribution in [2.24, 2.45) is 0 Å². The van der Waals surface area contributed by atoms with Crippen molar-refractivity contribution in [2.45, 2.75) is 31.6 Å². The standard InChI is InChI=1S/C16H18N2O4S/c19-13(23)9-10(16(20)21)15-17-14-11(5-4-6-12(14)22-15)18-7-2-1-3-8-18/h4-6,10H,1-3,7-9H2,(H,19,23)(H,20,21). The highest BCUT2D eigenvalue weighted by atomic mass is 32.1. The molecule has 0 saturated carbocycles. The Kier molecular flexibility index (Phi) is 4.56. The Balaban J connectivity index is 2.00. The molecule has 0 spiro atoms. The smallest absolute Gasteiger partial charge is 0.316 e. The number of carboxylic acid groups (broad SMARTS) is 1. The highest BCUT2D eigenvalue weighted by Crippen LogP contribution is 2.32. The maximum absolute atomic E-state index is 11.4. The molecule has 1 aromatic carbocycles. The number of carbonyl (C=O) groups excluding carboxylic acids is 1. The number of hydrogen-bond acceptors (Lipinski definition) is 5. The monoisotopic (exact) mass is 334 g/mol. The third kappa shape index (κ3) is 3.34. The summed E-state index contributed by atoms with van der Waals surface area (Å²) in [5, 5.41) is 8.82. The lowest BCUT2D eigenvalue weighted by Crippen LogP contribution is -2.29. The lowest BCUT2D eigenvalue weighted by Gasteiger charge is -2.28. The Morgan fingerprint density at radius 2 is 2.04 bits per heavy atom. The summed E-state index contributed by atoms with van der Waals surface area (Å²) in [5.41, 5.74) is 2.15. The number of fused-ring (bicyclic) bond motifs is 1. The van der Waals surface area contributed by atoms with Crippen LogP contribution in [0.1, 0.15) is 37.5 Å². The summed E-state index contributed by atoms with van der Waals surface area (Å²) < 4.78 is 5.62. The van der Waals surface area contributed by atoms with E-state index in [0.29, 0.717) is 11.1 Å². The number of oxazole rings is 1. The quantitative estimate of drug-likeness (QED) is 0.818. The van der Waals surface area contributed by atoms with Crippen LogP contribution in [-0.4, -0.2) is 34.3 Å². The molecule has 1 fully saturated rings. The van der Waals surface area contributed by atoms with Crippen LogP contribution in [0, 0.1) is 0 Å². The summed E-state index contributed by atoms with van der Waals surface area (Å²) in [6, 6.07) is 5.61. The summed E-state index contributed by atoms with van der Waals surface area (Å²) in [7, 11) is 0. The second kappa shape index (κ2) is 6.62. The molecule has 1 aliphatic heterocycles. The fraction of sp³-hybridized carbons (Fsp3) is 0.438. The molecule has 7 heteroatoms. The number of carbonyl (C=O) groups is 2. The minimum atomic E-state index is -1.14. The zero-order chi connectivity index (χ0) is 16.4. The first kappa shape index (κ1) is 15.9. The number of aliphatic carboxylic acids is 1. The summed E-state index contributed by atoms with van der Waals surface area (Å²) in [6.07, 6.45) is 3.24. The van der Waals surface area contributed by atoms with Crippen molar-refractivity contribution in [2.75, 3.05) is 18.0 Å². The number of para-hydroxylation sites is 1. The van der Waals surface area contributed by atoms with Crippen LogP contribution in [0.2, 0.25) is 0 Å². The first-order chi connectivity index (χ1) is 11.1. The van der Waals surface area contributed by atoms with Crippen molar-refractivity contribution < 1.29 is 19.1 Å². The van der Waals surface area contributed by atoms with Crippen LogP contribution in [0.5, 0.6) is 0 Å². The van der Waals surface area contributed by atoms with Gasteiger partial charge in [0.1, 0.15) is 11.4 Å². The zero-order valence-corrected chi connectivity index (χ0v) is 13.5. The van der Waals surface area contributed by atoms with Crippen LogP contribution in [0.25, 0.3) is 11.1 Å². The molecule has 0 amide bonds. The summed E-state index contributed by atoms with van der Waals surface area (Å²) in [5.74, 6) is -2.19. The molecule has 2 heterocycles. The predicted molar refractivity (Wildman–Crippen MR) is 89.1 cm³/mol. The van der Waals surface area contributed by atoms with Crippen molar-refractivity contribution >= 4 is 40.5 Å². The SMILES string of the molecule is O=C(S)CC(C(=O)O)c1nc2c(N3CCCCC3)cccc2o1. The topological polar surface area (TPSA) is 83.6 Å². The van der Waals surface area contributed by atoms with Gasteiger partial charge in [0.05, 0.1) is 5.69 Å². The fourth-order valence-corrected chi connectivity index (χ4v) is 3.13. The molecule has 0 aliphatic carbocycles. The molecular formula is C16H18N2O4S. The number of carboxylic acids is 1. The highest BCUT2D eigenvalue weighted by molar-refractivity contribution is 7.96. The van der Waals surface area contributed by atoms with Gasteiger partial charge in [0.15, 0.2) is 10.7 Å². The average Bonchev–Trinajstić information content (AvgIpc) is 2.96. The Morgan fingerprint density at radius 3 is 2.70 bits per heavy atom. The Bertz CT molecular complexity index is 737. The zero-order valence-electron chi connectivity index (χ0n) is 12.6. The number of aromatic nitrogens is 1. The van der Waals surface area contributed by atoms with Crippen LogP contribution in [0.15, 0.2) is 22.6 Å². The molecule has 1 unspecified atom stereocenters. The van der Waals surface area contributed by atoms with Gasteiger partial charge in [-0.25, -0.2) is 4.98 Å².